The van der Waals surface area contributed by atoms with Gasteiger partial charge in [-0.15, -0.1) is 11.6 Å². The Kier molecular flexibility index (Phi) is 2.04. The minimum absolute atomic E-state index is 0.0253. The molecule has 0 amide bonds. The largest absolute Gasteiger partial charge is 0.454 e. The predicted molar refractivity (Wildman–Crippen MR) is 55.8 cm³/mol. The van der Waals surface area contributed by atoms with Crippen LogP contribution < -0.4 is 9.47 Å². The fraction of sp³-hybridized carbons (Fsp3) is 0.455. The number of alkyl halides is 1. The van der Waals surface area contributed by atoms with E-state index in [1.807, 2.05) is 18.2 Å². The molecule has 1 saturated heterocycles. The molecule has 0 saturated carbocycles. The highest BCUT2D eigenvalue weighted by Gasteiger charge is 2.40. The van der Waals surface area contributed by atoms with Crippen molar-refractivity contribution in [3.8, 4) is 11.5 Å². The topological polar surface area (TPSA) is 27.7 Å². The molecule has 0 radical (unpaired) electrons. The second-order valence-corrected chi connectivity index (χ2v) is 4.24. The minimum atomic E-state index is -0.0253. The van der Waals surface area contributed by atoms with E-state index in [0.717, 1.165) is 11.5 Å². The van der Waals surface area contributed by atoms with Crippen molar-refractivity contribution in [3.63, 3.8) is 0 Å². The molecule has 1 aromatic rings. The van der Waals surface area contributed by atoms with Gasteiger partial charge in [0.1, 0.15) is 0 Å². The van der Waals surface area contributed by atoms with E-state index in [1.165, 1.54) is 5.56 Å². The maximum absolute atomic E-state index is 5.99. The van der Waals surface area contributed by atoms with E-state index in [0.29, 0.717) is 25.9 Å². The maximum atomic E-state index is 5.99. The quantitative estimate of drug-likeness (QED) is 0.722. The van der Waals surface area contributed by atoms with Crippen LogP contribution in [0.1, 0.15) is 5.56 Å². The van der Waals surface area contributed by atoms with Gasteiger partial charge in [0.15, 0.2) is 11.5 Å². The van der Waals surface area contributed by atoms with Crippen LogP contribution in [0.3, 0.4) is 0 Å². The Morgan fingerprint density at radius 1 is 1.20 bits per heavy atom. The molecule has 0 N–H and O–H groups in total. The van der Waals surface area contributed by atoms with Crippen molar-refractivity contribution in [1.29, 1.82) is 0 Å². The molecule has 2 aliphatic rings. The Hall–Kier alpha value is -0.930. The summed E-state index contributed by atoms with van der Waals surface area (Å²) in [5.41, 5.74) is 1.15. The molecule has 0 unspecified atom stereocenters. The zero-order chi connectivity index (χ0) is 10.3. The number of fused-ring (bicyclic) bond motifs is 1. The van der Waals surface area contributed by atoms with Gasteiger partial charge < -0.3 is 14.2 Å². The average molecular weight is 227 g/mol. The van der Waals surface area contributed by atoms with E-state index >= 15 is 0 Å². The Bertz CT molecular complexity index is 382. The lowest BCUT2D eigenvalue weighted by atomic mass is 9.80. The Morgan fingerprint density at radius 3 is 2.67 bits per heavy atom. The first-order chi connectivity index (χ1) is 7.34. The predicted octanol–water partition coefficient (Wildman–Crippen LogP) is 1.92. The van der Waals surface area contributed by atoms with E-state index in [-0.39, 0.29) is 5.41 Å². The first kappa shape index (κ1) is 9.31. The monoisotopic (exact) mass is 226 g/mol. The summed E-state index contributed by atoms with van der Waals surface area (Å²) in [7, 11) is 0. The number of ether oxygens (including phenoxy) is 3. The van der Waals surface area contributed by atoms with Crippen molar-refractivity contribution in [2.75, 3.05) is 25.9 Å². The number of halogens is 1. The molecular formula is C11H11ClO3. The maximum Gasteiger partial charge on any atom is 0.231 e. The van der Waals surface area contributed by atoms with E-state index in [4.69, 9.17) is 25.8 Å². The van der Waals surface area contributed by atoms with Crippen LogP contribution >= 0.6 is 11.6 Å². The highest BCUT2D eigenvalue weighted by molar-refractivity contribution is 6.18. The van der Waals surface area contributed by atoms with Gasteiger partial charge in [-0.2, -0.15) is 0 Å². The molecule has 3 nitrogen and oxygen atoms in total. The van der Waals surface area contributed by atoms with Crippen molar-refractivity contribution in [2.24, 2.45) is 0 Å². The van der Waals surface area contributed by atoms with Gasteiger partial charge in [0.2, 0.25) is 6.79 Å². The lowest BCUT2D eigenvalue weighted by Crippen LogP contribution is -2.48. The molecule has 1 aromatic carbocycles. The molecule has 4 heteroatoms. The molecule has 1 fully saturated rings. The zero-order valence-corrected chi connectivity index (χ0v) is 8.92. The molecule has 0 spiro atoms. The third-order valence-corrected chi connectivity index (χ3v) is 3.51. The fourth-order valence-electron chi connectivity index (χ4n) is 1.90. The highest BCUT2D eigenvalue weighted by atomic mass is 35.5. The van der Waals surface area contributed by atoms with Crippen LogP contribution in [0.15, 0.2) is 18.2 Å². The molecule has 3 rings (SSSR count). The Balaban J connectivity index is 1.98. The van der Waals surface area contributed by atoms with Crippen LogP contribution in [0, 0.1) is 0 Å². The lowest BCUT2D eigenvalue weighted by molar-refractivity contribution is -0.0480. The number of hydrogen-bond acceptors (Lipinski definition) is 3. The third-order valence-electron chi connectivity index (χ3n) is 3.00. The second kappa shape index (κ2) is 3.29. The molecule has 80 valence electrons. The van der Waals surface area contributed by atoms with Gasteiger partial charge in [-0.05, 0) is 17.7 Å². The summed E-state index contributed by atoms with van der Waals surface area (Å²) in [6, 6.07) is 5.98. The summed E-state index contributed by atoms with van der Waals surface area (Å²) in [6.07, 6.45) is 0. The second-order valence-electron chi connectivity index (χ2n) is 3.97. The van der Waals surface area contributed by atoms with Gasteiger partial charge in [0.25, 0.3) is 0 Å². The van der Waals surface area contributed by atoms with Gasteiger partial charge in [0, 0.05) is 5.88 Å². The van der Waals surface area contributed by atoms with Gasteiger partial charge in [0.05, 0.1) is 18.6 Å². The first-order valence-corrected chi connectivity index (χ1v) is 5.41. The average Bonchev–Trinajstić information content (AvgIpc) is 2.64. The first-order valence-electron chi connectivity index (χ1n) is 4.88. The van der Waals surface area contributed by atoms with Crippen molar-refractivity contribution >= 4 is 11.6 Å². The lowest BCUT2D eigenvalue weighted by Gasteiger charge is -2.40. The Labute approximate surface area is 92.9 Å². The minimum Gasteiger partial charge on any atom is -0.454 e. The van der Waals surface area contributed by atoms with Crippen molar-refractivity contribution in [2.45, 2.75) is 5.41 Å². The summed E-state index contributed by atoms with van der Waals surface area (Å²) in [4.78, 5) is 0. The molecule has 2 heterocycles. The molecule has 0 atom stereocenters. The van der Waals surface area contributed by atoms with Crippen molar-refractivity contribution < 1.29 is 14.2 Å². The van der Waals surface area contributed by atoms with E-state index in [2.05, 4.69) is 0 Å². The Morgan fingerprint density at radius 2 is 2.00 bits per heavy atom. The van der Waals surface area contributed by atoms with Crippen LogP contribution in [-0.2, 0) is 10.2 Å². The number of rotatable bonds is 2. The van der Waals surface area contributed by atoms with Crippen LogP contribution in [0.4, 0.5) is 0 Å². The van der Waals surface area contributed by atoms with Crippen molar-refractivity contribution in [3.05, 3.63) is 23.8 Å². The smallest absolute Gasteiger partial charge is 0.231 e. The zero-order valence-electron chi connectivity index (χ0n) is 8.16. The molecular weight excluding hydrogens is 216 g/mol. The molecule has 15 heavy (non-hydrogen) atoms. The van der Waals surface area contributed by atoms with Gasteiger partial charge in [-0.25, -0.2) is 0 Å². The van der Waals surface area contributed by atoms with Crippen LogP contribution in [-0.4, -0.2) is 25.9 Å². The highest BCUT2D eigenvalue weighted by Crippen LogP contribution is 2.40. The van der Waals surface area contributed by atoms with E-state index in [1.54, 1.807) is 0 Å². The van der Waals surface area contributed by atoms with Crippen LogP contribution in [0.5, 0.6) is 11.5 Å². The molecule has 2 aliphatic heterocycles. The van der Waals surface area contributed by atoms with E-state index < -0.39 is 0 Å². The number of hydrogen-bond donors (Lipinski definition) is 0. The van der Waals surface area contributed by atoms with Crippen LogP contribution in [0.2, 0.25) is 0 Å². The number of benzene rings is 1. The normalized spacial score (nSPS) is 21.1. The van der Waals surface area contributed by atoms with Crippen molar-refractivity contribution in [1.82, 2.24) is 0 Å². The molecule has 0 aromatic heterocycles. The third kappa shape index (κ3) is 1.30. The molecule has 0 aliphatic carbocycles. The van der Waals surface area contributed by atoms with Gasteiger partial charge in [-0.3, -0.25) is 0 Å². The SMILES string of the molecule is ClCC1(c2ccc3c(c2)OCO3)COC1. The molecule has 0 bridgehead atoms. The van der Waals surface area contributed by atoms with Gasteiger partial charge in [-0.1, -0.05) is 6.07 Å². The van der Waals surface area contributed by atoms with E-state index in [9.17, 15) is 0 Å². The fourth-order valence-corrected chi connectivity index (χ4v) is 2.20. The summed E-state index contributed by atoms with van der Waals surface area (Å²) in [5.74, 6) is 2.19. The summed E-state index contributed by atoms with van der Waals surface area (Å²) in [5, 5.41) is 0. The standard InChI is InChI=1S/C11H11ClO3/c12-4-11(5-13-6-11)8-1-2-9-10(3-8)15-7-14-9/h1-3H,4-7H2. The van der Waals surface area contributed by atoms with Gasteiger partial charge >= 0.3 is 0 Å². The summed E-state index contributed by atoms with van der Waals surface area (Å²) >= 11 is 5.99. The van der Waals surface area contributed by atoms with Crippen LogP contribution in [0.25, 0.3) is 0 Å². The summed E-state index contributed by atoms with van der Waals surface area (Å²) in [6.45, 7) is 1.69. The summed E-state index contributed by atoms with van der Waals surface area (Å²) < 4.78 is 15.9.